The summed E-state index contributed by atoms with van der Waals surface area (Å²) in [5.74, 6) is 0.679. The largest absolute Gasteiger partial charge is 0.313 e. The van der Waals surface area contributed by atoms with Gasteiger partial charge in [0.2, 0.25) is 0 Å². The van der Waals surface area contributed by atoms with Crippen molar-refractivity contribution in [2.45, 2.75) is 34.1 Å². The number of hydrogen-bond acceptors (Lipinski definition) is 1. The number of hydrogen-bond donors (Lipinski definition) is 1. The Kier molecular flexibility index (Phi) is 6.24. The van der Waals surface area contributed by atoms with Gasteiger partial charge in [0.1, 0.15) is 0 Å². The first kappa shape index (κ1) is 10.7. The van der Waals surface area contributed by atoms with Crippen LogP contribution in [0.25, 0.3) is 0 Å². The minimum absolute atomic E-state index is 0.679. The van der Waals surface area contributed by atoms with Crippen LogP contribution in [-0.4, -0.2) is 13.1 Å². The van der Waals surface area contributed by atoms with E-state index in [4.69, 9.17) is 0 Å². The molecule has 1 nitrogen and oxygen atoms in total. The van der Waals surface area contributed by atoms with Crippen LogP contribution in [0, 0.1) is 5.92 Å². The van der Waals surface area contributed by atoms with E-state index in [0.29, 0.717) is 5.92 Å². The van der Waals surface area contributed by atoms with Crippen LogP contribution in [0.3, 0.4) is 0 Å². The Labute approximate surface area is 70.9 Å². The lowest BCUT2D eigenvalue weighted by atomic mass is 10.1. The highest BCUT2D eigenvalue weighted by Gasteiger charge is 1.90. The van der Waals surface area contributed by atoms with Crippen LogP contribution in [-0.2, 0) is 0 Å². The Bertz CT molecular complexity index is 114. The molecule has 66 valence electrons. The number of nitrogens with one attached hydrogen (secondary N) is 1. The molecule has 0 unspecified atom stereocenters. The molecule has 11 heavy (non-hydrogen) atoms. The normalized spacial score (nSPS) is 12.6. The van der Waals surface area contributed by atoms with E-state index in [1.165, 1.54) is 12.0 Å². The Morgan fingerprint density at radius 2 is 2.09 bits per heavy atom. The summed E-state index contributed by atoms with van der Waals surface area (Å²) in [4.78, 5) is 0. The van der Waals surface area contributed by atoms with E-state index in [2.05, 4.69) is 39.1 Å². The average Bonchev–Trinajstić information content (AvgIpc) is 1.86. The van der Waals surface area contributed by atoms with Crippen molar-refractivity contribution in [3.05, 3.63) is 11.6 Å². The first-order valence-electron chi connectivity index (χ1n) is 4.54. The standard InChI is InChI=1S/C10H21N/c1-5-6-11-8-10(4)7-9(2)3/h7,9,11H,5-6,8H2,1-4H3. The molecule has 0 aromatic heterocycles. The Balaban J connectivity index is 3.43. The van der Waals surface area contributed by atoms with E-state index in [1.54, 1.807) is 0 Å². The summed E-state index contributed by atoms with van der Waals surface area (Å²) in [6.07, 6.45) is 3.53. The molecule has 0 aliphatic rings. The van der Waals surface area contributed by atoms with E-state index in [1.807, 2.05) is 0 Å². The summed E-state index contributed by atoms with van der Waals surface area (Å²) >= 11 is 0. The zero-order valence-corrected chi connectivity index (χ0v) is 8.28. The highest BCUT2D eigenvalue weighted by molar-refractivity contribution is 5.01. The molecule has 0 aliphatic heterocycles. The van der Waals surface area contributed by atoms with Crippen molar-refractivity contribution in [2.75, 3.05) is 13.1 Å². The van der Waals surface area contributed by atoms with Gasteiger partial charge < -0.3 is 5.32 Å². The van der Waals surface area contributed by atoms with Gasteiger partial charge in [0.05, 0.1) is 0 Å². The summed E-state index contributed by atoms with van der Waals surface area (Å²) in [6.45, 7) is 11.0. The van der Waals surface area contributed by atoms with E-state index >= 15 is 0 Å². The molecular formula is C10H21N. The van der Waals surface area contributed by atoms with Gasteiger partial charge in [-0.3, -0.25) is 0 Å². The minimum Gasteiger partial charge on any atom is -0.313 e. The third-order valence-electron chi connectivity index (χ3n) is 1.45. The Hall–Kier alpha value is -0.300. The fourth-order valence-electron chi connectivity index (χ4n) is 1.09. The highest BCUT2D eigenvalue weighted by atomic mass is 14.8. The molecule has 0 aromatic rings. The fourth-order valence-corrected chi connectivity index (χ4v) is 1.09. The van der Waals surface area contributed by atoms with Crippen molar-refractivity contribution in [1.82, 2.24) is 5.32 Å². The summed E-state index contributed by atoms with van der Waals surface area (Å²) in [5.41, 5.74) is 1.45. The molecule has 0 rings (SSSR count). The lowest BCUT2D eigenvalue weighted by Crippen LogP contribution is -2.16. The zero-order chi connectivity index (χ0) is 8.69. The Morgan fingerprint density at radius 3 is 2.55 bits per heavy atom. The fraction of sp³-hybridized carbons (Fsp3) is 0.800. The monoisotopic (exact) mass is 155 g/mol. The molecule has 0 aliphatic carbocycles. The lowest BCUT2D eigenvalue weighted by molar-refractivity contribution is 0.705. The van der Waals surface area contributed by atoms with Crippen LogP contribution in [0.1, 0.15) is 34.1 Å². The van der Waals surface area contributed by atoms with Crippen molar-refractivity contribution in [1.29, 1.82) is 0 Å². The Morgan fingerprint density at radius 1 is 1.45 bits per heavy atom. The predicted molar refractivity (Wildman–Crippen MR) is 51.8 cm³/mol. The van der Waals surface area contributed by atoms with Gasteiger partial charge in [0.25, 0.3) is 0 Å². The lowest BCUT2D eigenvalue weighted by Gasteiger charge is -2.04. The topological polar surface area (TPSA) is 12.0 Å². The molecule has 0 amide bonds. The summed E-state index contributed by atoms with van der Waals surface area (Å²) in [5, 5.41) is 3.37. The molecule has 0 spiro atoms. The first-order chi connectivity index (χ1) is 5.16. The van der Waals surface area contributed by atoms with Crippen LogP contribution in [0.5, 0.6) is 0 Å². The van der Waals surface area contributed by atoms with Crippen LogP contribution >= 0.6 is 0 Å². The molecule has 1 heteroatoms. The summed E-state index contributed by atoms with van der Waals surface area (Å²) < 4.78 is 0. The molecule has 0 bridgehead atoms. The summed E-state index contributed by atoms with van der Waals surface area (Å²) in [6, 6.07) is 0. The quantitative estimate of drug-likeness (QED) is 0.475. The maximum absolute atomic E-state index is 3.37. The van der Waals surface area contributed by atoms with Gasteiger partial charge in [-0.05, 0) is 25.8 Å². The maximum atomic E-state index is 3.37. The van der Waals surface area contributed by atoms with Gasteiger partial charge in [-0.15, -0.1) is 0 Å². The highest BCUT2D eigenvalue weighted by Crippen LogP contribution is 1.99. The van der Waals surface area contributed by atoms with Crippen molar-refractivity contribution >= 4 is 0 Å². The first-order valence-corrected chi connectivity index (χ1v) is 4.54. The van der Waals surface area contributed by atoms with Crippen molar-refractivity contribution < 1.29 is 0 Å². The van der Waals surface area contributed by atoms with E-state index in [0.717, 1.165) is 13.1 Å². The van der Waals surface area contributed by atoms with Crippen molar-refractivity contribution in [3.8, 4) is 0 Å². The second kappa shape index (κ2) is 6.41. The average molecular weight is 155 g/mol. The van der Waals surface area contributed by atoms with Crippen LogP contribution in [0.4, 0.5) is 0 Å². The van der Waals surface area contributed by atoms with Gasteiger partial charge in [-0.2, -0.15) is 0 Å². The van der Waals surface area contributed by atoms with Gasteiger partial charge >= 0.3 is 0 Å². The van der Waals surface area contributed by atoms with Gasteiger partial charge in [-0.1, -0.05) is 32.4 Å². The molecule has 0 saturated carbocycles. The van der Waals surface area contributed by atoms with E-state index in [9.17, 15) is 0 Å². The smallest absolute Gasteiger partial charge is 0.0161 e. The van der Waals surface area contributed by atoms with Crippen molar-refractivity contribution in [2.24, 2.45) is 5.92 Å². The van der Waals surface area contributed by atoms with Gasteiger partial charge in [-0.25, -0.2) is 0 Å². The molecular weight excluding hydrogens is 134 g/mol. The number of allylic oxidation sites excluding steroid dienone is 1. The van der Waals surface area contributed by atoms with Gasteiger partial charge in [0.15, 0.2) is 0 Å². The molecule has 0 radical (unpaired) electrons. The van der Waals surface area contributed by atoms with Crippen LogP contribution in [0.15, 0.2) is 11.6 Å². The van der Waals surface area contributed by atoms with E-state index < -0.39 is 0 Å². The third kappa shape index (κ3) is 7.60. The maximum Gasteiger partial charge on any atom is 0.0161 e. The van der Waals surface area contributed by atoms with E-state index in [-0.39, 0.29) is 0 Å². The molecule has 0 atom stereocenters. The van der Waals surface area contributed by atoms with Crippen LogP contribution in [0.2, 0.25) is 0 Å². The second-order valence-corrected chi connectivity index (χ2v) is 3.43. The third-order valence-corrected chi connectivity index (χ3v) is 1.45. The molecule has 0 fully saturated rings. The predicted octanol–water partition coefficient (Wildman–Crippen LogP) is 2.59. The second-order valence-electron chi connectivity index (χ2n) is 3.43. The van der Waals surface area contributed by atoms with Gasteiger partial charge in [0, 0.05) is 6.54 Å². The summed E-state index contributed by atoms with van der Waals surface area (Å²) in [7, 11) is 0. The van der Waals surface area contributed by atoms with Crippen molar-refractivity contribution in [3.63, 3.8) is 0 Å². The number of rotatable bonds is 5. The molecule has 0 heterocycles. The van der Waals surface area contributed by atoms with Crippen LogP contribution < -0.4 is 5.32 Å². The zero-order valence-electron chi connectivity index (χ0n) is 8.28. The molecule has 0 aromatic carbocycles. The minimum atomic E-state index is 0.679. The molecule has 1 N–H and O–H groups in total. The molecule has 0 saturated heterocycles. The SMILES string of the molecule is CCCNCC(C)=CC(C)C.